The molecule has 0 saturated carbocycles. The summed E-state index contributed by atoms with van der Waals surface area (Å²) in [6, 6.07) is 0. The summed E-state index contributed by atoms with van der Waals surface area (Å²) in [5, 5.41) is 20.2. The normalized spacial score (nSPS) is 18.3. The van der Waals surface area contributed by atoms with Gasteiger partial charge in [-0.05, 0) is 50.0 Å². The predicted molar refractivity (Wildman–Crippen MR) is 191 cm³/mol. The second-order valence-electron chi connectivity index (χ2n) is 13.6. The van der Waals surface area contributed by atoms with Crippen molar-refractivity contribution >= 4 is 17.7 Å². The van der Waals surface area contributed by atoms with Gasteiger partial charge in [0, 0.05) is 18.8 Å². The van der Waals surface area contributed by atoms with E-state index in [0.717, 1.165) is 57.3 Å². The third-order valence-corrected chi connectivity index (χ3v) is 9.17. The maximum Gasteiger partial charge on any atom is 0.305 e. The lowest BCUT2D eigenvalue weighted by Crippen LogP contribution is -2.25. The third-order valence-electron chi connectivity index (χ3n) is 9.17. The van der Waals surface area contributed by atoms with Crippen molar-refractivity contribution in [1.82, 2.24) is 0 Å². The average molecular weight is 661 g/mol. The van der Waals surface area contributed by atoms with Crippen molar-refractivity contribution in [3.05, 3.63) is 36.5 Å². The smallest absolute Gasteiger partial charge is 0.305 e. The van der Waals surface area contributed by atoms with Gasteiger partial charge in [0.2, 0.25) is 0 Å². The Morgan fingerprint density at radius 1 is 0.787 bits per heavy atom. The highest BCUT2D eigenvalue weighted by Gasteiger charge is 2.26. The second kappa shape index (κ2) is 28.7. The Hall–Kier alpha value is -2.25. The van der Waals surface area contributed by atoms with Gasteiger partial charge in [-0.1, -0.05) is 141 Å². The van der Waals surface area contributed by atoms with Gasteiger partial charge in [-0.3, -0.25) is 14.4 Å². The first-order valence-electron chi connectivity index (χ1n) is 19.0. The number of hydrogen-bond acceptors (Lipinski definition) is 7. The fourth-order valence-electron chi connectivity index (χ4n) is 5.76. The monoisotopic (exact) mass is 660 g/mol. The van der Waals surface area contributed by atoms with E-state index in [-0.39, 0.29) is 43.2 Å². The summed E-state index contributed by atoms with van der Waals surface area (Å²) >= 11 is 0. The zero-order chi connectivity index (χ0) is 34.5. The van der Waals surface area contributed by atoms with E-state index in [9.17, 15) is 24.6 Å². The first kappa shape index (κ1) is 42.8. The van der Waals surface area contributed by atoms with E-state index in [1.807, 2.05) is 24.3 Å². The van der Waals surface area contributed by atoms with Gasteiger partial charge in [-0.25, -0.2) is 0 Å². The predicted octanol–water partition coefficient (Wildman–Crippen LogP) is 9.15. The van der Waals surface area contributed by atoms with E-state index >= 15 is 0 Å². The highest BCUT2D eigenvalue weighted by atomic mass is 16.6. The summed E-state index contributed by atoms with van der Waals surface area (Å²) < 4.78 is 10.3. The molecule has 5 atom stereocenters. The molecule has 0 radical (unpaired) electrons. The number of rotatable bonds is 30. The summed E-state index contributed by atoms with van der Waals surface area (Å²) in [5.41, 5.74) is 0. The molecule has 1 rings (SSSR count). The number of aliphatic hydroxyl groups is 2. The summed E-state index contributed by atoms with van der Waals surface area (Å²) in [7, 11) is 0. The Morgan fingerprint density at radius 3 is 1.98 bits per heavy atom. The van der Waals surface area contributed by atoms with Crippen LogP contribution in [0.25, 0.3) is 0 Å². The topological polar surface area (TPSA) is 110 Å². The molecule has 7 nitrogen and oxygen atoms in total. The highest BCUT2D eigenvalue weighted by molar-refractivity contribution is 5.95. The van der Waals surface area contributed by atoms with E-state index < -0.39 is 18.2 Å². The molecule has 0 bridgehead atoms. The van der Waals surface area contributed by atoms with E-state index in [0.29, 0.717) is 19.3 Å². The molecular weight excluding hydrogens is 592 g/mol. The lowest BCUT2D eigenvalue weighted by atomic mass is 9.90. The van der Waals surface area contributed by atoms with Crippen LogP contribution in [0.3, 0.4) is 0 Å². The molecule has 2 N–H and O–H groups in total. The van der Waals surface area contributed by atoms with E-state index in [1.165, 1.54) is 57.8 Å². The van der Waals surface area contributed by atoms with E-state index in [4.69, 9.17) is 9.47 Å². The second-order valence-corrected chi connectivity index (χ2v) is 13.6. The van der Waals surface area contributed by atoms with Crippen molar-refractivity contribution in [1.29, 1.82) is 0 Å². The number of esters is 2. The zero-order valence-corrected chi connectivity index (χ0v) is 30.0. The lowest BCUT2D eigenvalue weighted by molar-refractivity contribution is -0.152. The fourth-order valence-corrected chi connectivity index (χ4v) is 5.76. The van der Waals surface area contributed by atoms with Crippen molar-refractivity contribution in [2.45, 2.75) is 168 Å². The van der Waals surface area contributed by atoms with Gasteiger partial charge in [0.15, 0.2) is 5.78 Å². The molecule has 0 amide bonds. The maximum absolute atomic E-state index is 12.2. The molecule has 0 saturated heterocycles. The van der Waals surface area contributed by atoms with Crippen LogP contribution in [0, 0.1) is 17.8 Å². The first-order valence-corrected chi connectivity index (χ1v) is 19.0. The summed E-state index contributed by atoms with van der Waals surface area (Å²) in [6.45, 7) is 6.38. The number of carbonyl (C=O) groups excluding carboxylic acids is 3. The Morgan fingerprint density at radius 2 is 1.36 bits per heavy atom. The zero-order valence-electron chi connectivity index (χ0n) is 30.0. The van der Waals surface area contributed by atoms with Gasteiger partial charge in [-0.2, -0.15) is 0 Å². The molecule has 0 fully saturated rings. The number of unbranched alkanes of at least 4 members (excludes halogenated alkanes) is 12. The van der Waals surface area contributed by atoms with Crippen LogP contribution in [-0.4, -0.2) is 53.4 Å². The highest BCUT2D eigenvalue weighted by Crippen LogP contribution is 2.27. The minimum Gasteiger partial charge on any atom is -0.463 e. The third kappa shape index (κ3) is 23.7. The number of aliphatic hydroxyl groups excluding tert-OH is 2. The van der Waals surface area contributed by atoms with Crippen LogP contribution in [0.2, 0.25) is 0 Å². The SMILES string of the molecule is CCCCC[C@H](O)/C=C/[C@H]1C(=O)C=C[C@@H]1C/C=C\CCCC(=O)OC[C@@H](O)COC(=O)CCCCCCCCCCCCC(C)CC. The first-order chi connectivity index (χ1) is 22.8. The number of hydrogen-bond donors (Lipinski definition) is 2. The van der Waals surface area contributed by atoms with Gasteiger partial charge in [0.05, 0.1) is 6.10 Å². The van der Waals surface area contributed by atoms with Crippen molar-refractivity contribution in [3.63, 3.8) is 0 Å². The van der Waals surface area contributed by atoms with Gasteiger partial charge < -0.3 is 19.7 Å². The average Bonchev–Trinajstić information content (AvgIpc) is 3.42. The molecule has 0 aliphatic heterocycles. The lowest BCUT2D eigenvalue weighted by Gasteiger charge is -2.13. The molecule has 7 heteroatoms. The summed E-state index contributed by atoms with van der Waals surface area (Å²) in [5.74, 6) is 0.0764. The minimum atomic E-state index is -1.03. The molecule has 270 valence electrons. The van der Waals surface area contributed by atoms with Crippen molar-refractivity contribution in [2.75, 3.05) is 13.2 Å². The quantitative estimate of drug-likeness (QED) is 0.0449. The molecule has 0 aromatic heterocycles. The number of carbonyl (C=O) groups is 3. The Bertz CT molecular complexity index is 908. The molecule has 0 heterocycles. The Labute approximate surface area is 286 Å². The molecule has 1 aliphatic rings. The van der Waals surface area contributed by atoms with Gasteiger partial charge >= 0.3 is 11.9 Å². The van der Waals surface area contributed by atoms with Crippen LogP contribution in [0.15, 0.2) is 36.5 Å². The maximum atomic E-state index is 12.2. The number of ether oxygens (including phenoxy) is 2. The summed E-state index contributed by atoms with van der Waals surface area (Å²) in [4.78, 5) is 36.3. The van der Waals surface area contributed by atoms with E-state index in [2.05, 4.69) is 20.8 Å². The van der Waals surface area contributed by atoms with Gasteiger partial charge in [0.1, 0.15) is 19.3 Å². The van der Waals surface area contributed by atoms with E-state index in [1.54, 1.807) is 12.2 Å². The van der Waals surface area contributed by atoms with Crippen LogP contribution in [0.4, 0.5) is 0 Å². The minimum absolute atomic E-state index is 0.0738. The number of ketones is 1. The largest absolute Gasteiger partial charge is 0.463 e. The molecule has 47 heavy (non-hydrogen) atoms. The molecule has 0 aromatic carbocycles. The van der Waals surface area contributed by atoms with Crippen molar-refractivity contribution in [2.24, 2.45) is 17.8 Å². The van der Waals surface area contributed by atoms with Gasteiger partial charge in [-0.15, -0.1) is 0 Å². The Kier molecular flexibility index (Phi) is 26.1. The van der Waals surface area contributed by atoms with Crippen LogP contribution in [0.5, 0.6) is 0 Å². The molecule has 0 spiro atoms. The molecule has 1 unspecified atom stereocenters. The summed E-state index contributed by atoms with van der Waals surface area (Å²) in [6.07, 6.45) is 31.0. The van der Waals surface area contributed by atoms with Crippen LogP contribution >= 0.6 is 0 Å². The van der Waals surface area contributed by atoms with Crippen LogP contribution in [0.1, 0.15) is 156 Å². The van der Waals surface area contributed by atoms with Crippen LogP contribution in [-0.2, 0) is 23.9 Å². The fraction of sp³-hybridized carbons (Fsp3) is 0.775. The van der Waals surface area contributed by atoms with Crippen molar-refractivity contribution < 1.29 is 34.1 Å². The molecule has 0 aromatic rings. The van der Waals surface area contributed by atoms with Gasteiger partial charge in [0.25, 0.3) is 0 Å². The molecular formula is C40H68O7. The number of allylic oxidation sites excluding steroid dienone is 5. The Balaban J connectivity index is 2.02. The van der Waals surface area contributed by atoms with Crippen LogP contribution < -0.4 is 0 Å². The van der Waals surface area contributed by atoms with Crippen molar-refractivity contribution in [3.8, 4) is 0 Å². The molecule has 1 aliphatic carbocycles. The standard InChI is InChI=1S/C40H68O7/c1-4-6-17-24-35(41)28-29-37-34(27-30-38(37)43)23-19-15-16-21-26-40(45)47-32-36(42)31-46-39(44)25-20-14-12-10-8-7-9-11-13-18-22-33(3)5-2/h15,19,27-30,33-37,41-42H,4-14,16-18,20-26,31-32H2,1-3H3/b19-15-,29-28+/t33?,34-,35-,36-,37+/m0/s1.